The van der Waals surface area contributed by atoms with E-state index >= 15 is 0 Å². The molecule has 0 saturated carbocycles. The minimum atomic E-state index is -0.652. The van der Waals surface area contributed by atoms with Crippen molar-refractivity contribution >= 4 is 57.8 Å². The number of piperazine rings is 1. The van der Waals surface area contributed by atoms with Crippen LogP contribution in [0, 0.1) is 5.82 Å². The molecule has 14 heteroatoms. The molecule has 11 nitrogen and oxygen atoms in total. The van der Waals surface area contributed by atoms with E-state index in [1.807, 2.05) is 9.80 Å². The van der Waals surface area contributed by atoms with Crippen LogP contribution in [0.25, 0.3) is 11.2 Å². The van der Waals surface area contributed by atoms with Crippen molar-refractivity contribution in [3.05, 3.63) is 84.7 Å². The number of aryl methyl sites for hydroxylation is 1. The minimum Gasteiger partial charge on any atom is -0.340 e. The van der Waals surface area contributed by atoms with Crippen LogP contribution < -0.4 is 21.0 Å². The van der Waals surface area contributed by atoms with E-state index in [2.05, 4.69) is 0 Å². The van der Waals surface area contributed by atoms with Crippen molar-refractivity contribution in [3.8, 4) is 0 Å². The minimum absolute atomic E-state index is 0.0168. The summed E-state index contributed by atoms with van der Waals surface area (Å²) < 4.78 is 17.7. The van der Waals surface area contributed by atoms with Crippen molar-refractivity contribution < 1.29 is 14.0 Å². The summed E-state index contributed by atoms with van der Waals surface area (Å²) in [5.41, 5.74) is 0.537. The van der Waals surface area contributed by atoms with Gasteiger partial charge in [-0.05, 0) is 29.8 Å². The third-order valence-electron chi connectivity index (χ3n) is 7.91. The van der Waals surface area contributed by atoms with E-state index in [-0.39, 0.29) is 57.5 Å². The number of imide groups is 1. The van der Waals surface area contributed by atoms with E-state index < -0.39 is 17.3 Å². The third kappa shape index (κ3) is 4.59. The maximum Gasteiger partial charge on any atom is 0.332 e. The number of carbonyl (C=O) groups is 2. The molecule has 218 valence electrons. The molecular formula is C28H26Cl2FN7O4. The topological polar surface area (TPSA) is 106 Å². The number of hydrogen-bond acceptors (Lipinski definition) is 7. The molecule has 0 radical (unpaired) electrons. The normalized spacial score (nSPS) is 18.1. The van der Waals surface area contributed by atoms with Crippen LogP contribution in [-0.2, 0) is 30.2 Å². The molecule has 2 aliphatic heterocycles. The zero-order valence-electron chi connectivity index (χ0n) is 22.8. The van der Waals surface area contributed by atoms with Gasteiger partial charge in [0.05, 0.1) is 34.7 Å². The van der Waals surface area contributed by atoms with E-state index in [4.69, 9.17) is 28.2 Å². The Morgan fingerprint density at radius 3 is 2.31 bits per heavy atom. The summed E-state index contributed by atoms with van der Waals surface area (Å²) in [7, 11) is 2.97. The molecular weight excluding hydrogens is 588 g/mol. The van der Waals surface area contributed by atoms with Gasteiger partial charge in [0.2, 0.25) is 11.9 Å². The molecule has 2 saturated heterocycles. The van der Waals surface area contributed by atoms with Gasteiger partial charge in [-0.3, -0.25) is 33.0 Å². The highest BCUT2D eigenvalue weighted by Gasteiger charge is 2.44. The molecule has 4 heterocycles. The molecule has 6 rings (SSSR count). The van der Waals surface area contributed by atoms with E-state index in [0.717, 1.165) is 15.0 Å². The van der Waals surface area contributed by atoms with Crippen LogP contribution in [-0.4, -0.2) is 67.6 Å². The fraction of sp³-hybridized carbons (Fsp3) is 0.321. The molecule has 0 spiro atoms. The van der Waals surface area contributed by atoms with Gasteiger partial charge < -0.3 is 4.90 Å². The third-order valence-corrected chi connectivity index (χ3v) is 8.72. The summed E-state index contributed by atoms with van der Waals surface area (Å²) in [5.74, 6) is -0.609. The largest absolute Gasteiger partial charge is 0.340 e. The summed E-state index contributed by atoms with van der Waals surface area (Å²) >= 11 is 12.4. The Morgan fingerprint density at radius 2 is 1.62 bits per heavy atom. The van der Waals surface area contributed by atoms with E-state index in [1.54, 1.807) is 41.9 Å². The number of carbonyl (C=O) groups excluding carboxylic acids is 2. The first-order chi connectivity index (χ1) is 20.1. The van der Waals surface area contributed by atoms with Crippen LogP contribution in [0.2, 0.25) is 10.0 Å². The van der Waals surface area contributed by atoms with Crippen LogP contribution >= 0.6 is 23.2 Å². The average molecular weight is 614 g/mol. The van der Waals surface area contributed by atoms with Gasteiger partial charge in [0.15, 0.2) is 11.2 Å². The van der Waals surface area contributed by atoms with Crippen molar-refractivity contribution in [2.24, 2.45) is 14.1 Å². The van der Waals surface area contributed by atoms with Crippen molar-refractivity contribution in [3.63, 3.8) is 0 Å². The van der Waals surface area contributed by atoms with Crippen LogP contribution in [0.3, 0.4) is 0 Å². The molecule has 0 aliphatic carbocycles. The van der Waals surface area contributed by atoms with Crippen LogP contribution in [0.1, 0.15) is 12.0 Å². The van der Waals surface area contributed by atoms with Gasteiger partial charge >= 0.3 is 5.69 Å². The highest BCUT2D eigenvalue weighted by molar-refractivity contribution is 6.44. The molecule has 2 aromatic heterocycles. The Balaban J connectivity index is 1.29. The van der Waals surface area contributed by atoms with Gasteiger partial charge in [0, 0.05) is 40.3 Å². The monoisotopic (exact) mass is 613 g/mol. The number of rotatable bonds is 5. The standard InChI is InChI=1S/C28H26Cl2FN7O4/c1-33-24-23(26(41)34(2)28(33)42)37(15-16-6-8-17(31)9-7-16)27(32-24)36-12-10-35(11-13-36)20-14-21(39)38(25(20)40)19-5-3-4-18(29)22(19)30/h3-9,20H,10-15H2,1-2H3. The first-order valence-corrected chi connectivity index (χ1v) is 14.0. The first kappa shape index (κ1) is 28.1. The fourth-order valence-electron chi connectivity index (χ4n) is 5.65. The van der Waals surface area contributed by atoms with Crippen molar-refractivity contribution in [1.29, 1.82) is 0 Å². The summed E-state index contributed by atoms with van der Waals surface area (Å²) in [6, 6.07) is 10.1. The number of hydrogen-bond donors (Lipinski definition) is 0. The second-order valence-electron chi connectivity index (χ2n) is 10.4. The number of aromatic nitrogens is 4. The second kappa shape index (κ2) is 10.7. The van der Waals surface area contributed by atoms with Crippen LogP contribution in [0.5, 0.6) is 0 Å². The molecule has 1 unspecified atom stereocenters. The summed E-state index contributed by atoms with van der Waals surface area (Å²) in [6.07, 6.45) is 0.0168. The Kier molecular flexibility index (Phi) is 7.16. The number of imidazole rings is 1. The Labute approximate surface area is 248 Å². The summed E-state index contributed by atoms with van der Waals surface area (Å²) in [6.45, 7) is 1.99. The molecule has 2 fully saturated rings. The lowest BCUT2D eigenvalue weighted by molar-refractivity contribution is -0.123. The predicted octanol–water partition coefficient (Wildman–Crippen LogP) is 2.38. The Morgan fingerprint density at radius 1 is 0.929 bits per heavy atom. The van der Waals surface area contributed by atoms with E-state index in [9.17, 15) is 23.6 Å². The smallest absolute Gasteiger partial charge is 0.332 e. The number of fused-ring (bicyclic) bond motifs is 1. The van der Waals surface area contributed by atoms with Gasteiger partial charge in [0.1, 0.15) is 5.82 Å². The SMILES string of the molecule is Cn1c(=O)c2c(nc(N3CCN(C4CC(=O)N(c5cccc(Cl)c5Cl)C4=O)CC3)n2Cc2ccc(F)cc2)n(C)c1=O. The zero-order chi connectivity index (χ0) is 29.9. The van der Waals surface area contributed by atoms with Crippen molar-refractivity contribution in [2.75, 3.05) is 36.0 Å². The maximum absolute atomic E-state index is 13.6. The van der Waals surface area contributed by atoms with Gasteiger partial charge in [-0.1, -0.05) is 41.4 Å². The van der Waals surface area contributed by atoms with Crippen molar-refractivity contribution in [2.45, 2.75) is 19.0 Å². The predicted molar refractivity (Wildman–Crippen MR) is 157 cm³/mol. The second-order valence-corrected chi connectivity index (χ2v) is 11.2. The number of halogens is 3. The summed E-state index contributed by atoms with van der Waals surface area (Å²) in [5, 5.41) is 0.398. The lowest BCUT2D eigenvalue weighted by Crippen LogP contribution is -2.53. The Bertz CT molecular complexity index is 1860. The molecule has 2 aliphatic rings. The average Bonchev–Trinajstić information content (AvgIpc) is 3.50. The number of nitrogens with zero attached hydrogens (tertiary/aromatic N) is 7. The molecule has 2 amide bonds. The van der Waals surface area contributed by atoms with Crippen LogP contribution in [0.15, 0.2) is 52.1 Å². The lowest BCUT2D eigenvalue weighted by atomic mass is 10.1. The number of anilines is 2. The number of amides is 2. The summed E-state index contributed by atoms with van der Waals surface area (Å²) in [4.78, 5) is 62.0. The quantitative estimate of drug-likeness (QED) is 0.318. The molecule has 0 bridgehead atoms. The van der Waals surface area contributed by atoms with E-state index in [0.29, 0.717) is 32.1 Å². The molecule has 2 aromatic carbocycles. The molecule has 42 heavy (non-hydrogen) atoms. The fourth-order valence-corrected chi connectivity index (χ4v) is 6.03. The Hall–Kier alpha value is -4.00. The van der Waals surface area contributed by atoms with Gasteiger partial charge in [0.25, 0.3) is 11.5 Å². The van der Waals surface area contributed by atoms with Gasteiger partial charge in [-0.25, -0.2) is 14.1 Å². The van der Waals surface area contributed by atoms with Gasteiger partial charge in [-0.2, -0.15) is 4.98 Å². The van der Waals surface area contributed by atoms with Gasteiger partial charge in [-0.15, -0.1) is 0 Å². The van der Waals surface area contributed by atoms with Crippen molar-refractivity contribution in [1.82, 2.24) is 23.6 Å². The zero-order valence-corrected chi connectivity index (χ0v) is 24.3. The lowest BCUT2D eigenvalue weighted by Gasteiger charge is -2.37. The van der Waals surface area contributed by atoms with Crippen LogP contribution in [0.4, 0.5) is 16.0 Å². The van der Waals surface area contributed by atoms with E-state index in [1.165, 1.54) is 23.7 Å². The molecule has 4 aromatic rings. The molecule has 1 atom stereocenters. The maximum atomic E-state index is 13.6. The highest BCUT2D eigenvalue weighted by atomic mass is 35.5. The highest BCUT2D eigenvalue weighted by Crippen LogP contribution is 2.36. The first-order valence-electron chi connectivity index (χ1n) is 13.3. The molecule has 0 N–H and O–H groups in total. The number of benzene rings is 2.